The topological polar surface area (TPSA) is 33.6 Å². The standard InChI is InChI=1S/C17H19ClN2O/c1-2-3-12-21-17-10-4-14(5-11-17)13-19-20-16-8-6-15(18)7-9-16/h4-11,13,20H,2-3,12H2,1H3/b19-13-. The van der Waals surface area contributed by atoms with Gasteiger partial charge in [0.05, 0.1) is 18.5 Å². The molecule has 0 aliphatic carbocycles. The normalized spacial score (nSPS) is 10.8. The third kappa shape index (κ3) is 5.48. The van der Waals surface area contributed by atoms with Gasteiger partial charge < -0.3 is 4.74 Å². The average molecular weight is 303 g/mol. The van der Waals surface area contributed by atoms with Crippen molar-refractivity contribution in [3.63, 3.8) is 0 Å². The Bertz CT molecular complexity index is 564. The Balaban J connectivity index is 1.84. The summed E-state index contributed by atoms with van der Waals surface area (Å²) >= 11 is 5.82. The number of nitrogens with one attached hydrogen (secondary N) is 1. The summed E-state index contributed by atoms with van der Waals surface area (Å²) in [4.78, 5) is 0. The van der Waals surface area contributed by atoms with Crippen LogP contribution in [0.25, 0.3) is 0 Å². The zero-order chi connectivity index (χ0) is 14.9. The van der Waals surface area contributed by atoms with Crippen molar-refractivity contribution in [1.82, 2.24) is 0 Å². The van der Waals surface area contributed by atoms with Gasteiger partial charge in [0, 0.05) is 5.02 Å². The van der Waals surface area contributed by atoms with Crippen molar-refractivity contribution in [2.45, 2.75) is 19.8 Å². The van der Waals surface area contributed by atoms with Crippen molar-refractivity contribution < 1.29 is 4.74 Å². The third-order valence-corrected chi connectivity index (χ3v) is 3.15. The first-order chi connectivity index (χ1) is 10.3. The molecule has 1 N–H and O–H groups in total. The highest BCUT2D eigenvalue weighted by Crippen LogP contribution is 2.14. The second-order valence-electron chi connectivity index (χ2n) is 4.65. The number of benzene rings is 2. The molecule has 0 amide bonds. The van der Waals surface area contributed by atoms with Crippen molar-refractivity contribution in [2.24, 2.45) is 5.10 Å². The molecule has 0 saturated carbocycles. The number of rotatable bonds is 7. The largest absolute Gasteiger partial charge is 0.494 e. The second kappa shape index (κ2) is 8.32. The van der Waals surface area contributed by atoms with Crippen LogP contribution < -0.4 is 10.2 Å². The van der Waals surface area contributed by atoms with Crippen LogP contribution in [0, 0.1) is 0 Å². The molecule has 2 aromatic carbocycles. The second-order valence-corrected chi connectivity index (χ2v) is 5.08. The molecule has 110 valence electrons. The van der Waals surface area contributed by atoms with Crippen LogP contribution in [0.4, 0.5) is 5.69 Å². The summed E-state index contributed by atoms with van der Waals surface area (Å²) in [5.41, 5.74) is 4.87. The van der Waals surface area contributed by atoms with Gasteiger partial charge in [-0.1, -0.05) is 24.9 Å². The molecule has 4 heteroatoms. The third-order valence-electron chi connectivity index (χ3n) is 2.90. The van der Waals surface area contributed by atoms with Crippen molar-refractivity contribution >= 4 is 23.5 Å². The Morgan fingerprint density at radius 2 is 1.81 bits per heavy atom. The molecule has 0 atom stereocenters. The van der Waals surface area contributed by atoms with Gasteiger partial charge in [-0.15, -0.1) is 0 Å². The minimum atomic E-state index is 0.711. The summed E-state index contributed by atoms with van der Waals surface area (Å²) in [6.07, 6.45) is 3.99. The van der Waals surface area contributed by atoms with Crippen molar-refractivity contribution in [2.75, 3.05) is 12.0 Å². The molecule has 2 rings (SSSR count). The maximum absolute atomic E-state index is 5.82. The van der Waals surface area contributed by atoms with Crippen LogP contribution >= 0.6 is 11.6 Å². The van der Waals surface area contributed by atoms with E-state index in [1.165, 1.54) is 0 Å². The minimum Gasteiger partial charge on any atom is -0.494 e. The number of unbranched alkanes of at least 4 members (excludes halogenated alkanes) is 1. The van der Waals surface area contributed by atoms with E-state index < -0.39 is 0 Å². The van der Waals surface area contributed by atoms with Gasteiger partial charge in [-0.2, -0.15) is 5.10 Å². The first-order valence-corrected chi connectivity index (χ1v) is 7.43. The molecule has 0 spiro atoms. The van der Waals surface area contributed by atoms with E-state index in [1.54, 1.807) is 6.21 Å². The van der Waals surface area contributed by atoms with Crippen LogP contribution in [0.2, 0.25) is 5.02 Å². The number of ether oxygens (including phenoxy) is 1. The van der Waals surface area contributed by atoms with Gasteiger partial charge >= 0.3 is 0 Å². The molecule has 0 aliphatic heterocycles. The van der Waals surface area contributed by atoms with Crippen LogP contribution in [0.3, 0.4) is 0 Å². The van der Waals surface area contributed by atoms with Crippen LogP contribution in [-0.4, -0.2) is 12.8 Å². The summed E-state index contributed by atoms with van der Waals surface area (Å²) in [6.45, 7) is 2.92. The van der Waals surface area contributed by atoms with E-state index >= 15 is 0 Å². The van der Waals surface area contributed by atoms with Gasteiger partial charge in [0.15, 0.2) is 0 Å². The van der Waals surface area contributed by atoms with E-state index in [2.05, 4.69) is 17.5 Å². The SMILES string of the molecule is CCCCOc1ccc(/C=N\Nc2ccc(Cl)cc2)cc1. The average Bonchev–Trinajstić information content (AvgIpc) is 2.51. The Hall–Kier alpha value is -2.00. The Kier molecular flexibility index (Phi) is 6.10. The van der Waals surface area contributed by atoms with Gasteiger partial charge in [-0.25, -0.2) is 0 Å². The molecular formula is C17H19ClN2O. The van der Waals surface area contributed by atoms with E-state index in [-0.39, 0.29) is 0 Å². The smallest absolute Gasteiger partial charge is 0.119 e. The number of nitrogens with zero attached hydrogens (tertiary/aromatic N) is 1. The summed E-state index contributed by atoms with van der Waals surface area (Å²) in [7, 11) is 0. The first-order valence-electron chi connectivity index (χ1n) is 7.05. The van der Waals surface area contributed by atoms with Gasteiger partial charge in [-0.05, 0) is 60.5 Å². The fourth-order valence-corrected chi connectivity index (χ4v) is 1.82. The fourth-order valence-electron chi connectivity index (χ4n) is 1.69. The number of anilines is 1. The lowest BCUT2D eigenvalue weighted by Crippen LogP contribution is -1.96. The summed E-state index contributed by atoms with van der Waals surface area (Å²) in [5.74, 6) is 0.895. The number of hydrogen-bond donors (Lipinski definition) is 1. The van der Waals surface area contributed by atoms with Crippen LogP contribution in [0.1, 0.15) is 25.3 Å². The summed E-state index contributed by atoms with van der Waals surface area (Å²) in [6, 6.07) is 15.3. The van der Waals surface area contributed by atoms with Crippen molar-refractivity contribution in [3.8, 4) is 5.75 Å². The maximum Gasteiger partial charge on any atom is 0.119 e. The van der Waals surface area contributed by atoms with Gasteiger partial charge in [0.1, 0.15) is 5.75 Å². The highest BCUT2D eigenvalue weighted by molar-refractivity contribution is 6.30. The Labute approximate surface area is 130 Å². The molecule has 21 heavy (non-hydrogen) atoms. The monoisotopic (exact) mass is 302 g/mol. The first kappa shape index (κ1) is 15.4. The summed E-state index contributed by atoms with van der Waals surface area (Å²) in [5, 5.41) is 4.90. The minimum absolute atomic E-state index is 0.711. The highest BCUT2D eigenvalue weighted by atomic mass is 35.5. The molecule has 0 fully saturated rings. The molecule has 0 saturated heterocycles. The van der Waals surface area contributed by atoms with Crippen molar-refractivity contribution in [3.05, 3.63) is 59.1 Å². The number of halogens is 1. The molecule has 0 heterocycles. The molecule has 0 radical (unpaired) electrons. The Morgan fingerprint density at radius 1 is 1.10 bits per heavy atom. The van der Waals surface area contributed by atoms with Crippen molar-refractivity contribution in [1.29, 1.82) is 0 Å². The molecule has 3 nitrogen and oxygen atoms in total. The predicted molar refractivity (Wildman–Crippen MR) is 89.5 cm³/mol. The summed E-state index contributed by atoms with van der Waals surface area (Å²) < 4.78 is 5.61. The zero-order valence-electron chi connectivity index (χ0n) is 12.1. The quantitative estimate of drug-likeness (QED) is 0.445. The molecule has 0 unspecified atom stereocenters. The molecule has 0 aliphatic rings. The number of hydrazone groups is 1. The fraction of sp³-hybridized carbons (Fsp3) is 0.235. The van der Waals surface area contributed by atoms with Gasteiger partial charge in [0.25, 0.3) is 0 Å². The lowest BCUT2D eigenvalue weighted by molar-refractivity contribution is 0.309. The Morgan fingerprint density at radius 3 is 2.48 bits per heavy atom. The van der Waals surface area contributed by atoms with E-state index in [0.29, 0.717) is 5.02 Å². The maximum atomic E-state index is 5.82. The molecule has 0 bridgehead atoms. The van der Waals surface area contributed by atoms with Crippen LogP contribution in [-0.2, 0) is 0 Å². The van der Waals surface area contributed by atoms with Crippen LogP contribution in [0.15, 0.2) is 53.6 Å². The lowest BCUT2D eigenvalue weighted by Gasteiger charge is -2.05. The van der Waals surface area contributed by atoms with Gasteiger partial charge in [0.2, 0.25) is 0 Å². The highest BCUT2D eigenvalue weighted by Gasteiger charge is 1.94. The lowest BCUT2D eigenvalue weighted by atomic mass is 10.2. The zero-order valence-corrected chi connectivity index (χ0v) is 12.8. The van der Waals surface area contributed by atoms with E-state index in [0.717, 1.165) is 36.4 Å². The van der Waals surface area contributed by atoms with E-state index in [1.807, 2.05) is 48.5 Å². The number of hydrogen-bond acceptors (Lipinski definition) is 3. The molecule has 0 aromatic heterocycles. The predicted octanol–water partition coefficient (Wildman–Crippen LogP) is 4.96. The molecule has 2 aromatic rings. The van der Waals surface area contributed by atoms with Gasteiger partial charge in [-0.3, -0.25) is 5.43 Å². The van der Waals surface area contributed by atoms with Crippen LogP contribution in [0.5, 0.6) is 5.75 Å². The van der Waals surface area contributed by atoms with E-state index in [9.17, 15) is 0 Å². The van der Waals surface area contributed by atoms with E-state index in [4.69, 9.17) is 16.3 Å². The molecular weight excluding hydrogens is 284 g/mol.